The van der Waals surface area contributed by atoms with Crippen molar-refractivity contribution in [2.75, 3.05) is 19.5 Å². The Kier molecular flexibility index (Phi) is 4.89. The molecule has 2 heterocycles. The van der Waals surface area contributed by atoms with Crippen molar-refractivity contribution < 1.29 is 23.9 Å². The Morgan fingerprint density at radius 1 is 1.09 bits per heavy atom. The van der Waals surface area contributed by atoms with Gasteiger partial charge in [-0.25, -0.2) is 0 Å². The predicted molar refractivity (Wildman–Crippen MR) is 118 cm³/mol. The third-order valence-corrected chi connectivity index (χ3v) is 6.38. The summed E-state index contributed by atoms with van der Waals surface area (Å²) in [7, 11) is 3.22. The number of para-hydroxylation sites is 1. The zero-order valence-corrected chi connectivity index (χ0v) is 18.1. The molecule has 0 radical (unpaired) electrons. The van der Waals surface area contributed by atoms with Crippen LogP contribution >= 0.6 is 0 Å². The van der Waals surface area contributed by atoms with Crippen LogP contribution in [-0.4, -0.2) is 30.3 Å². The maximum absolute atomic E-state index is 13.6. The lowest BCUT2D eigenvalue weighted by molar-refractivity contribution is -0.116. The number of ether oxygens (including phenoxy) is 2. The number of nitrogens with one attached hydrogen (secondary N) is 1. The number of allylic oxidation sites excluding steroid dienone is 2. The van der Waals surface area contributed by atoms with Gasteiger partial charge in [0.1, 0.15) is 17.2 Å². The molecular formula is C25H24N2O5. The molecule has 3 aromatic rings. The number of ketones is 1. The summed E-state index contributed by atoms with van der Waals surface area (Å²) < 4.78 is 16.7. The number of aromatic hydroxyl groups is 1. The molecule has 2 atom stereocenters. The Labute approximate surface area is 185 Å². The van der Waals surface area contributed by atoms with E-state index in [1.54, 1.807) is 26.4 Å². The summed E-state index contributed by atoms with van der Waals surface area (Å²) in [6.45, 7) is 1.87. The van der Waals surface area contributed by atoms with E-state index in [4.69, 9.17) is 14.0 Å². The van der Waals surface area contributed by atoms with Gasteiger partial charge in [-0.15, -0.1) is 0 Å². The number of hydrogen-bond donors (Lipinski definition) is 2. The van der Waals surface area contributed by atoms with Crippen LogP contribution in [0.1, 0.15) is 47.1 Å². The van der Waals surface area contributed by atoms with E-state index in [0.29, 0.717) is 41.5 Å². The minimum atomic E-state index is -0.393. The molecule has 0 amide bonds. The zero-order valence-electron chi connectivity index (χ0n) is 18.1. The predicted octanol–water partition coefficient (Wildman–Crippen LogP) is 4.66. The lowest BCUT2D eigenvalue weighted by Gasteiger charge is -2.35. The molecule has 1 aromatic heterocycles. The minimum Gasteiger partial charge on any atom is -0.508 e. The first kappa shape index (κ1) is 20.2. The van der Waals surface area contributed by atoms with Gasteiger partial charge in [-0.3, -0.25) is 4.79 Å². The van der Waals surface area contributed by atoms with Crippen molar-refractivity contribution in [1.82, 2.24) is 5.16 Å². The summed E-state index contributed by atoms with van der Waals surface area (Å²) in [6.07, 6.45) is 0.876. The highest BCUT2D eigenvalue weighted by Gasteiger charge is 2.42. The molecule has 1 aliphatic heterocycles. The molecule has 0 bridgehead atoms. The summed E-state index contributed by atoms with van der Waals surface area (Å²) >= 11 is 0. The number of Topliss-reactive ketones (excluding diaryl/α,β-unsaturated/α-hetero) is 1. The number of aryl methyl sites for hydroxylation is 1. The third kappa shape index (κ3) is 3.12. The van der Waals surface area contributed by atoms with E-state index in [2.05, 4.69) is 10.5 Å². The smallest absolute Gasteiger partial charge is 0.233 e. The Morgan fingerprint density at radius 2 is 1.91 bits per heavy atom. The van der Waals surface area contributed by atoms with Gasteiger partial charge in [0.15, 0.2) is 5.78 Å². The second-order valence-electron chi connectivity index (χ2n) is 8.16. The van der Waals surface area contributed by atoms with Gasteiger partial charge in [0, 0.05) is 29.2 Å². The summed E-state index contributed by atoms with van der Waals surface area (Å²) in [5, 5.41) is 17.8. The highest BCUT2D eigenvalue weighted by molar-refractivity contribution is 6.01. The van der Waals surface area contributed by atoms with Crippen LogP contribution in [-0.2, 0) is 4.79 Å². The van der Waals surface area contributed by atoms with E-state index >= 15 is 0 Å². The first-order chi connectivity index (χ1) is 15.5. The number of carbonyl (C=O) groups excluding carboxylic acids is 1. The number of phenols is 1. The number of methoxy groups -OCH3 is 2. The van der Waals surface area contributed by atoms with Gasteiger partial charge in [0.05, 0.1) is 31.4 Å². The van der Waals surface area contributed by atoms with Crippen LogP contribution in [0.25, 0.3) is 0 Å². The van der Waals surface area contributed by atoms with Crippen LogP contribution in [0.15, 0.2) is 58.3 Å². The number of rotatable bonds is 4. The topological polar surface area (TPSA) is 93.8 Å². The van der Waals surface area contributed by atoms with Crippen LogP contribution in [0.3, 0.4) is 0 Å². The third-order valence-electron chi connectivity index (χ3n) is 6.38. The van der Waals surface area contributed by atoms with Crippen molar-refractivity contribution in [3.8, 4) is 17.2 Å². The Bertz CT molecular complexity index is 1240. The molecule has 0 saturated heterocycles. The Hall–Kier alpha value is -3.74. The lowest BCUT2D eigenvalue weighted by atomic mass is 9.72. The van der Waals surface area contributed by atoms with E-state index in [9.17, 15) is 9.90 Å². The van der Waals surface area contributed by atoms with Crippen molar-refractivity contribution in [2.45, 2.75) is 31.6 Å². The molecule has 2 N–H and O–H groups in total. The van der Waals surface area contributed by atoms with E-state index < -0.39 is 5.92 Å². The van der Waals surface area contributed by atoms with Crippen LogP contribution in [0.4, 0.5) is 5.88 Å². The summed E-state index contributed by atoms with van der Waals surface area (Å²) in [5.74, 6) is 1.56. The molecule has 2 aromatic carbocycles. The van der Waals surface area contributed by atoms with E-state index in [1.165, 1.54) is 0 Å². The molecule has 7 heteroatoms. The number of aromatic nitrogens is 1. The van der Waals surface area contributed by atoms with Crippen LogP contribution in [0, 0.1) is 6.92 Å². The molecule has 7 nitrogen and oxygen atoms in total. The fraction of sp³-hybridized carbons (Fsp3) is 0.280. The minimum absolute atomic E-state index is 0.0214. The second-order valence-corrected chi connectivity index (χ2v) is 8.16. The molecule has 0 fully saturated rings. The number of phenolic OH excluding ortho intramolecular Hbond substituents is 1. The lowest BCUT2D eigenvalue weighted by Crippen LogP contribution is -2.29. The number of anilines is 1. The first-order valence-corrected chi connectivity index (χ1v) is 10.5. The number of hydrogen-bond acceptors (Lipinski definition) is 7. The Morgan fingerprint density at radius 3 is 2.66 bits per heavy atom. The molecule has 32 heavy (non-hydrogen) atoms. The van der Waals surface area contributed by atoms with Gasteiger partial charge in [-0.2, -0.15) is 0 Å². The second kappa shape index (κ2) is 7.75. The highest BCUT2D eigenvalue weighted by atomic mass is 16.5. The van der Waals surface area contributed by atoms with Gasteiger partial charge in [-0.1, -0.05) is 23.4 Å². The van der Waals surface area contributed by atoms with Crippen LogP contribution in [0.5, 0.6) is 17.2 Å². The fourth-order valence-electron chi connectivity index (χ4n) is 4.90. The van der Waals surface area contributed by atoms with Gasteiger partial charge in [0.2, 0.25) is 5.88 Å². The van der Waals surface area contributed by atoms with Crippen LogP contribution < -0.4 is 14.8 Å². The summed E-state index contributed by atoms with van der Waals surface area (Å²) in [6, 6.07) is 12.8. The quantitative estimate of drug-likeness (QED) is 0.619. The van der Waals surface area contributed by atoms with Gasteiger partial charge in [-0.05, 0) is 43.2 Å². The van der Waals surface area contributed by atoms with Crippen molar-refractivity contribution in [3.63, 3.8) is 0 Å². The van der Waals surface area contributed by atoms with E-state index in [-0.39, 0.29) is 17.5 Å². The molecule has 2 aliphatic rings. The largest absolute Gasteiger partial charge is 0.508 e. The maximum Gasteiger partial charge on any atom is 0.233 e. The van der Waals surface area contributed by atoms with Gasteiger partial charge in [0.25, 0.3) is 0 Å². The molecule has 2 unspecified atom stereocenters. The molecular weight excluding hydrogens is 408 g/mol. The fourth-order valence-corrected chi connectivity index (χ4v) is 4.90. The monoisotopic (exact) mass is 432 g/mol. The van der Waals surface area contributed by atoms with Crippen molar-refractivity contribution in [2.24, 2.45) is 0 Å². The number of fused-ring (bicyclic) bond motifs is 1. The molecule has 0 saturated carbocycles. The molecule has 1 aliphatic carbocycles. The first-order valence-electron chi connectivity index (χ1n) is 10.5. The van der Waals surface area contributed by atoms with E-state index in [0.717, 1.165) is 22.4 Å². The average Bonchev–Trinajstić information content (AvgIpc) is 3.17. The van der Waals surface area contributed by atoms with Crippen molar-refractivity contribution in [3.05, 3.63) is 76.1 Å². The summed E-state index contributed by atoms with van der Waals surface area (Å²) in [4.78, 5) is 13.6. The Balaban J connectivity index is 1.68. The molecule has 164 valence electrons. The molecule has 0 spiro atoms. The SMILES string of the molecule is COc1ccc(OC)c(C2C3=C(CC(c4ccccc4O)CC3=O)Nc3onc(C)c32)c1. The maximum atomic E-state index is 13.6. The number of carbonyl (C=O) groups is 1. The normalized spacial score (nSPS) is 19.8. The standard InChI is InChI=1S/C25H24N2O5/c1-13-22-23(17-12-15(30-2)8-9-21(17)31-3)24-18(26-25(22)32-27-13)10-14(11-20(24)29)16-6-4-5-7-19(16)28/h4-9,12,14,23,26,28H,10-11H2,1-3H3. The highest BCUT2D eigenvalue weighted by Crippen LogP contribution is 2.51. The summed E-state index contributed by atoms with van der Waals surface area (Å²) in [5.41, 5.74) is 4.59. The van der Waals surface area contributed by atoms with Gasteiger partial charge >= 0.3 is 0 Å². The number of nitrogens with zero attached hydrogens (tertiary/aromatic N) is 1. The van der Waals surface area contributed by atoms with Crippen molar-refractivity contribution in [1.29, 1.82) is 0 Å². The van der Waals surface area contributed by atoms with Gasteiger partial charge < -0.3 is 24.4 Å². The van der Waals surface area contributed by atoms with Crippen molar-refractivity contribution >= 4 is 11.7 Å². The van der Waals surface area contributed by atoms with Crippen LogP contribution in [0.2, 0.25) is 0 Å². The zero-order chi connectivity index (χ0) is 22.4. The van der Waals surface area contributed by atoms with E-state index in [1.807, 2.05) is 37.3 Å². The molecule has 5 rings (SSSR count). The number of benzene rings is 2. The average molecular weight is 432 g/mol.